The molecular weight excluding hydrogens is 385 g/mol. The number of fused-ring (bicyclic) bond motifs is 2. The Labute approximate surface area is 168 Å². The van der Waals surface area contributed by atoms with Gasteiger partial charge >= 0.3 is 5.97 Å². The average molecular weight is 406 g/mol. The highest BCUT2D eigenvalue weighted by Gasteiger charge is 2.44. The molecule has 0 bridgehead atoms. The fraction of sp³-hybridized carbons (Fsp3) is 0.429. The van der Waals surface area contributed by atoms with Crippen molar-refractivity contribution < 1.29 is 14.3 Å². The van der Waals surface area contributed by atoms with E-state index in [2.05, 4.69) is 4.90 Å². The first-order valence-electron chi connectivity index (χ1n) is 9.33. The summed E-state index contributed by atoms with van der Waals surface area (Å²) in [6, 6.07) is 5.34. The van der Waals surface area contributed by atoms with Crippen LogP contribution in [0.4, 0.5) is 0 Å². The first kappa shape index (κ1) is 18.6. The number of methoxy groups -OCH3 is 1. The maximum atomic E-state index is 13.6. The lowest BCUT2D eigenvalue weighted by molar-refractivity contribution is -0.136. The van der Waals surface area contributed by atoms with Gasteiger partial charge in [0.05, 0.1) is 28.6 Å². The third-order valence-corrected chi connectivity index (χ3v) is 6.56. The minimum atomic E-state index is -0.609. The molecule has 0 saturated carbocycles. The normalized spacial score (nSPS) is 22.6. The Kier molecular flexibility index (Phi) is 5.04. The topological polar surface area (TPSA) is 46.6 Å². The molecule has 0 aromatic heterocycles. The molecule has 4 nitrogen and oxygen atoms in total. The SMILES string of the molecule is COC(=O)C1=C2C(c3cccc(Cl)c3Cl)C(=O)C3=C(CCCC3)N2CCC1. The highest BCUT2D eigenvalue weighted by molar-refractivity contribution is 6.42. The van der Waals surface area contributed by atoms with E-state index in [-0.39, 0.29) is 11.8 Å². The Morgan fingerprint density at radius 2 is 1.93 bits per heavy atom. The molecular formula is C21H21Cl2NO3. The van der Waals surface area contributed by atoms with Crippen LogP contribution in [0.5, 0.6) is 0 Å². The van der Waals surface area contributed by atoms with Crippen molar-refractivity contribution in [1.29, 1.82) is 0 Å². The maximum Gasteiger partial charge on any atom is 0.335 e. The largest absolute Gasteiger partial charge is 0.466 e. The third kappa shape index (κ3) is 2.99. The van der Waals surface area contributed by atoms with Gasteiger partial charge in [-0.2, -0.15) is 0 Å². The van der Waals surface area contributed by atoms with Gasteiger partial charge in [0.1, 0.15) is 0 Å². The number of ketones is 1. The number of carbonyl (C=O) groups excluding carboxylic acids is 2. The molecule has 0 spiro atoms. The van der Waals surface area contributed by atoms with Crippen molar-refractivity contribution in [3.05, 3.63) is 56.3 Å². The second-order valence-corrected chi connectivity index (χ2v) is 7.97. The van der Waals surface area contributed by atoms with Gasteiger partial charge in [-0.25, -0.2) is 4.79 Å². The van der Waals surface area contributed by atoms with Crippen LogP contribution < -0.4 is 0 Å². The van der Waals surface area contributed by atoms with Gasteiger partial charge < -0.3 is 9.64 Å². The summed E-state index contributed by atoms with van der Waals surface area (Å²) in [6.07, 6.45) is 5.18. The molecule has 1 aromatic rings. The molecule has 27 heavy (non-hydrogen) atoms. The van der Waals surface area contributed by atoms with Gasteiger partial charge in [-0.1, -0.05) is 35.3 Å². The van der Waals surface area contributed by atoms with E-state index in [1.165, 1.54) is 7.11 Å². The van der Waals surface area contributed by atoms with E-state index in [0.29, 0.717) is 27.6 Å². The number of hydrogen-bond donors (Lipinski definition) is 0. The first-order chi connectivity index (χ1) is 13.0. The van der Waals surface area contributed by atoms with Crippen molar-refractivity contribution in [2.75, 3.05) is 13.7 Å². The molecule has 1 aliphatic carbocycles. The summed E-state index contributed by atoms with van der Waals surface area (Å²) in [6.45, 7) is 0.802. The van der Waals surface area contributed by atoms with Gasteiger partial charge in [0.25, 0.3) is 0 Å². The van der Waals surface area contributed by atoms with Crippen LogP contribution in [0.15, 0.2) is 40.7 Å². The molecule has 1 aromatic carbocycles. The van der Waals surface area contributed by atoms with Gasteiger partial charge in [0, 0.05) is 23.5 Å². The summed E-state index contributed by atoms with van der Waals surface area (Å²) >= 11 is 12.7. The summed E-state index contributed by atoms with van der Waals surface area (Å²) < 4.78 is 5.04. The number of allylic oxidation sites excluding steroid dienone is 3. The number of carbonyl (C=O) groups is 2. The molecule has 4 rings (SSSR count). The van der Waals surface area contributed by atoms with Crippen LogP contribution >= 0.6 is 23.2 Å². The van der Waals surface area contributed by atoms with Crippen molar-refractivity contribution in [3.8, 4) is 0 Å². The Morgan fingerprint density at radius 3 is 2.70 bits per heavy atom. The van der Waals surface area contributed by atoms with Crippen molar-refractivity contribution >= 4 is 35.0 Å². The van der Waals surface area contributed by atoms with E-state index >= 15 is 0 Å². The molecule has 142 valence electrons. The zero-order chi connectivity index (χ0) is 19.1. The molecule has 3 aliphatic rings. The number of nitrogens with zero attached hydrogens (tertiary/aromatic N) is 1. The predicted octanol–water partition coefficient (Wildman–Crippen LogP) is 5.01. The molecule has 0 fully saturated rings. The molecule has 0 radical (unpaired) electrons. The van der Waals surface area contributed by atoms with Crippen molar-refractivity contribution in [2.24, 2.45) is 0 Å². The Balaban J connectivity index is 1.98. The van der Waals surface area contributed by atoms with Gasteiger partial charge in [-0.3, -0.25) is 4.79 Å². The van der Waals surface area contributed by atoms with Crippen LogP contribution in [0.2, 0.25) is 10.0 Å². The lowest BCUT2D eigenvalue weighted by Gasteiger charge is -2.44. The number of esters is 1. The molecule has 0 amide bonds. The number of Topliss-reactive ketones (excluding diaryl/α,β-unsaturated/α-hetero) is 1. The fourth-order valence-corrected chi connectivity index (χ4v) is 4.97. The van der Waals surface area contributed by atoms with Crippen LogP contribution in [0.3, 0.4) is 0 Å². The quantitative estimate of drug-likeness (QED) is 0.648. The van der Waals surface area contributed by atoms with Crippen molar-refractivity contribution in [3.63, 3.8) is 0 Å². The molecule has 2 heterocycles. The lowest BCUT2D eigenvalue weighted by atomic mass is 9.75. The molecule has 6 heteroatoms. The summed E-state index contributed by atoms with van der Waals surface area (Å²) in [4.78, 5) is 28.3. The summed E-state index contributed by atoms with van der Waals surface area (Å²) in [5, 5.41) is 0.785. The van der Waals surface area contributed by atoms with Gasteiger partial charge in [0.15, 0.2) is 5.78 Å². The molecule has 0 N–H and O–H groups in total. The van der Waals surface area contributed by atoms with E-state index in [9.17, 15) is 9.59 Å². The monoisotopic (exact) mass is 405 g/mol. The van der Waals surface area contributed by atoms with Gasteiger partial charge in [-0.05, 0) is 50.2 Å². The van der Waals surface area contributed by atoms with E-state index in [1.54, 1.807) is 12.1 Å². The number of ether oxygens (including phenoxy) is 1. The van der Waals surface area contributed by atoms with E-state index in [0.717, 1.165) is 55.6 Å². The van der Waals surface area contributed by atoms with Crippen molar-refractivity contribution in [2.45, 2.75) is 44.4 Å². The fourth-order valence-electron chi connectivity index (χ4n) is 4.55. The number of halogens is 2. The lowest BCUT2D eigenvalue weighted by Crippen LogP contribution is -2.42. The number of benzene rings is 1. The van der Waals surface area contributed by atoms with Crippen LogP contribution in [0.1, 0.15) is 50.0 Å². The third-order valence-electron chi connectivity index (χ3n) is 5.73. The second kappa shape index (κ2) is 7.33. The Hall–Kier alpha value is -1.78. The maximum absolute atomic E-state index is 13.6. The highest BCUT2D eigenvalue weighted by Crippen LogP contribution is 2.48. The van der Waals surface area contributed by atoms with E-state index in [1.807, 2.05) is 6.07 Å². The minimum Gasteiger partial charge on any atom is -0.466 e. The first-order valence-corrected chi connectivity index (χ1v) is 10.1. The smallest absolute Gasteiger partial charge is 0.335 e. The second-order valence-electron chi connectivity index (χ2n) is 7.18. The Morgan fingerprint density at radius 1 is 1.15 bits per heavy atom. The van der Waals surface area contributed by atoms with Gasteiger partial charge in [0.2, 0.25) is 0 Å². The number of rotatable bonds is 2. The summed E-state index contributed by atoms with van der Waals surface area (Å²) in [5.41, 5.74) is 3.95. The predicted molar refractivity (Wildman–Crippen MR) is 105 cm³/mol. The highest BCUT2D eigenvalue weighted by atomic mass is 35.5. The van der Waals surface area contributed by atoms with Gasteiger partial charge in [-0.15, -0.1) is 0 Å². The zero-order valence-corrected chi connectivity index (χ0v) is 16.7. The summed E-state index contributed by atoms with van der Waals surface area (Å²) in [7, 11) is 1.38. The molecule has 1 unspecified atom stereocenters. The Bertz CT molecular complexity index is 887. The van der Waals surface area contributed by atoms with Crippen LogP contribution in [0, 0.1) is 0 Å². The standard InChI is InChI=1S/C21H21Cl2NO3/c1-27-21(26)14-8-5-11-24-16-10-3-2-6-12(16)20(25)17(19(14)24)13-7-4-9-15(22)18(13)23/h4,7,9,17H,2-3,5-6,8,10-11H2,1H3. The summed E-state index contributed by atoms with van der Waals surface area (Å²) in [5.74, 6) is -0.934. The number of hydrogen-bond acceptors (Lipinski definition) is 4. The van der Waals surface area contributed by atoms with Crippen molar-refractivity contribution in [1.82, 2.24) is 4.90 Å². The van der Waals surface area contributed by atoms with Crippen LogP contribution in [0.25, 0.3) is 0 Å². The van der Waals surface area contributed by atoms with Crippen LogP contribution in [-0.2, 0) is 14.3 Å². The average Bonchev–Trinajstić information content (AvgIpc) is 2.70. The molecule has 2 aliphatic heterocycles. The van der Waals surface area contributed by atoms with Crippen LogP contribution in [-0.4, -0.2) is 30.3 Å². The van der Waals surface area contributed by atoms with E-state index < -0.39 is 5.92 Å². The van der Waals surface area contributed by atoms with E-state index in [4.69, 9.17) is 27.9 Å². The minimum absolute atomic E-state index is 0.0448. The molecule has 0 saturated heterocycles. The molecule has 1 atom stereocenters. The zero-order valence-electron chi connectivity index (χ0n) is 15.2.